The molecule has 1 unspecified atom stereocenters. The highest BCUT2D eigenvalue weighted by Gasteiger charge is 2.18. The molecule has 1 aromatic carbocycles. The van der Waals surface area contributed by atoms with Crippen LogP contribution in [-0.4, -0.2) is 27.7 Å². The summed E-state index contributed by atoms with van der Waals surface area (Å²) in [4.78, 5) is 12.2. The van der Waals surface area contributed by atoms with Gasteiger partial charge in [-0.3, -0.25) is 4.79 Å². The van der Waals surface area contributed by atoms with Crippen LogP contribution in [0.1, 0.15) is 29.1 Å². The quantitative estimate of drug-likeness (QED) is 0.888. The number of nitrogens with one attached hydrogen (secondary N) is 2. The summed E-state index contributed by atoms with van der Waals surface area (Å²) in [7, 11) is 3.36. The van der Waals surface area contributed by atoms with Gasteiger partial charge in [0.25, 0.3) is 5.91 Å². The van der Waals surface area contributed by atoms with Crippen molar-refractivity contribution in [3.05, 3.63) is 41.7 Å². The molecule has 0 aliphatic rings. The average molecular weight is 277 g/mol. The number of carbonyl (C=O) groups excluding carboxylic acids is 1. The summed E-state index contributed by atoms with van der Waals surface area (Å²) in [5, 5.41) is 13.2. The topological polar surface area (TPSA) is 71.8 Å². The second-order valence-electron chi connectivity index (χ2n) is 4.41. The predicted octanol–water partition coefficient (Wildman–Crippen LogP) is 1.49. The van der Waals surface area contributed by atoms with Crippen molar-refractivity contribution in [3.8, 4) is 0 Å². The van der Waals surface area contributed by atoms with E-state index in [-0.39, 0.29) is 23.2 Å². The number of anilines is 1. The number of carbonyl (C=O) groups is 1. The highest BCUT2D eigenvalue weighted by Crippen LogP contribution is 2.20. The summed E-state index contributed by atoms with van der Waals surface area (Å²) in [5.74, 6) is -0.212. The van der Waals surface area contributed by atoms with E-state index in [0.29, 0.717) is 5.82 Å². The Hall–Kier alpha value is -2.44. The number of hydrogen-bond donors (Lipinski definition) is 2. The third kappa shape index (κ3) is 2.61. The molecule has 0 fully saturated rings. The van der Waals surface area contributed by atoms with Gasteiger partial charge < -0.3 is 15.2 Å². The number of amides is 1. The first-order chi connectivity index (χ1) is 9.54. The number of aromatic nitrogens is 3. The number of benzene rings is 1. The zero-order chi connectivity index (χ0) is 14.7. The van der Waals surface area contributed by atoms with Gasteiger partial charge >= 0.3 is 0 Å². The molecule has 1 amide bonds. The van der Waals surface area contributed by atoms with E-state index in [4.69, 9.17) is 0 Å². The zero-order valence-corrected chi connectivity index (χ0v) is 11.5. The van der Waals surface area contributed by atoms with Crippen LogP contribution < -0.4 is 10.6 Å². The number of para-hydroxylation sites is 1. The molecule has 1 aromatic heterocycles. The molecule has 2 rings (SSSR count). The van der Waals surface area contributed by atoms with Gasteiger partial charge in [-0.05, 0) is 19.1 Å². The molecule has 106 valence electrons. The van der Waals surface area contributed by atoms with E-state index in [0.717, 1.165) is 0 Å². The Morgan fingerprint density at radius 1 is 1.45 bits per heavy atom. The van der Waals surface area contributed by atoms with E-state index in [9.17, 15) is 9.18 Å². The van der Waals surface area contributed by atoms with Crippen molar-refractivity contribution in [2.75, 3.05) is 12.4 Å². The van der Waals surface area contributed by atoms with Crippen molar-refractivity contribution in [3.63, 3.8) is 0 Å². The van der Waals surface area contributed by atoms with Crippen LogP contribution in [0.25, 0.3) is 0 Å². The number of hydrogen-bond acceptors (Lipinski definition) is 4. The summed E-state index contributed by atoms with van der Waals surface area (Å²) in [6.07, 6.45) is 1.55. The lowest BCUT2D eigenvalue weighted by Gasteiger charge is -2.15. The maximum atomic E-state index is 13.6. The van der Waals surface area contributed by atoms with Crippen LogP contribution in [0.2, 0.25) is 0 Å². The molecule has 7 heteroatoms. The van der Waals surface area contributed by atoms with Gasteiger partial charge in [-0.2, -0.15) is 0 Å². The fourth-order valence-electron chi connectivity index (χ4n) is 1.99. The van der Waals surface area contributed by atoms with Crippen LogP contribution in [-0.2, 0) is 7.05 Å². The molecule has 2 N–H and O–H groups in total. The Bertz CT molecular complexity index is 625. The maximum absolute atomic E-state index is 13.6. The van der Waals surface area contributed by atoms with E-state index in [1.807, 2.05) is 0 Å². The zero-order valence-electron chi connectivity index (χ0n) is 11.5. The van der Waals surface area contributed by atoms with Crippen molar-refractivity contribution < 1.29 is 9.18 Å². The van der Waals surface area contributed by atoms with Gasteiger partial charge in [0.1, 0.15) is 12.1 Å². The molecule has 0 spiro atoms. The minimum absolute atomic E-state index is 0.176. The summed E-state index contributed by atoms with van der Waals surface area (Å²) in [6, 6.07) is 4.03. The largest absolute Gasteiger partial charge is 0.385 e. The highest BCUT2D eigenvalue weighted by atomic mass is 19.1. The van der Waals surface area contributed by atoms with Crippen LogP contribution in [0.15, 0.2) is 24.5 Å². The van der Waals surface area contributed by atoms with E-state index in [1.165, 1.54) is 12.1 Å². The van der Waals surface area contributed by atoms with Gasteiger partial charge in [0.05, 0.1) is 17.3 Å². The Kier molecular flexibility index (Phi) is 3.97. The van der Waals surface area contributed by atoms with E-state index >= 15 is 0 Å². The fourth-order valence-corrected chi connectivity index (χ4v) is 1.99. The third-order valence-corrected chi connectivity index (χ3v) is 2.99. The van der Waals surface area contributed by atoms with Crippen LogP contribution in [0.4, 0.5) is 10.1 Å². The fraction of sp³-hybridized carbons (Fsp3) is 0.308. The predicted molar refractivity (Wildman–Crippen MR) is 72.8 cm³/mol. The normalized spacial score (nSPS) is 12.0. The summed E-state index contributed by atoms with van der Waals surface area (Å²) < 4.78 is 15.3. The number of rotatable bonds is 4. The van der Waals surface area contributed by atoms with Crippen LogP contribution in [0.3, 0.4) is 0 Å². The van der Waals surface area contributed by atoms with Crippen molar-refractivity contribution in [2.24, 2.45) is 7.05 Å². The molecule has 0 radical (unpaired) electrons. The Morgan fingerprint density at radius 2 is 2.20 bits per heavy atom. The van der Waals surface area contributed by atoms with Gasteiger partial charge in [-0.1, -0.05) is 6.07 Å². The number of nitrogens with zero attached hydrogens (tertiary/aromatic N) is 3. The van der Waals surface area contributed by atoms with Gasteiger partial charge in [-0.25, -0.2) is 4.39 Å². The Balaban J connectivity index is 2.21. The van der Waals surface area contributed by atoms with Crippen molar-refractivity contribution in [1.29, 1.82) is 0 Å². The Morgan fingerprint density at radius 3 is 2.80 bits per heavy atom. The highest BCUT2D eigenvalue weighted by molar-refractivity contribution is 5.99. The summed E-state index contributed by atoms with van der Waals surface area (Å²) >= 11 is 0. The monoisotopic (exact) mass is 277 g/mol. The number of aryl methyl sites for hydroxylation is 1. The van der Waals surface area contributed by atoms with E-state index in [2.05, 4.69) is 20.8 Å². The number of halogens is 1. The second kappa shape index (κ2) is 5.68. The van der Waals surface area contributed by atoms with E-state index in [1.54, 1.807) is 38.0 Å². The SMILES string of the molecule is CNc1c(F)cccc1C(=O)NC(C)c1nncn1C. The molecular weight excluding hydrogens is 261 g/mol. The van der Waals surface area contributed by atoms with Gasteiger partial charge in [0, 0.05) is 14.1 Å². The molecule has 0 aliphatic heterocycles. The van der Waals surface area contributed by atoms with Gasteiger partial charge in [-0.15, -0.1) is 10.2 Å². The standard InChI is InChI=1S/C13H16FN5O/c1-8(12-18-16-7-19(12)3)17-13(20)9-5-4-6-10(14)11(9)15-2/h4-8,15H,1-3H3,(H,17,20). The molecule has 1 heterocycles. The van der Waals surface area contributed by atoms with Crippen molar-refractivity contribution in [1.82, 2.24) is 20.1 Å². The third-order valence-electron chi connectivity index (χ3n) is 2.99. The van der Waals surface area contributed by atoms with E-state index < -0.39 is 5.82 Å². The van der Waals surface area contributed by atoms with Crippen LogP contribution >= 0.6 is 0 Å². The minimum atomic E-state index is -0.466. The molecule has 0 saturated heterocycles. The summed E-state index contributed by atoms with van der Waals surface area (Å²) in [6.45, 7) is 1.79. The van der Waals surface area contributed by atoms with Crippen LogP contribution in [0.5, 0.6) is 0 Å². The van der Waals surface area contributed by atoms with Crippen molar-refractivity contribution >= 4 is 11.6 Å². The first-order valence-electron chi connectivity index (χ1n) is 6.15. The molecular formula is C13H16FN5O. The lowest BCUT2D eigenvalue weighted by molar-refractivity contribution is 0.0938. The van der Waals surface area contributed by atoms with Crippen molar-refractivity contribution in [2.45, 2.75) is 13.0 Å². The molecule has 1 atom stereocenters. The molecule has 0 saturated carbocycles. The molecule has 2 aromatic rings. The summed E-state index contributed by atoms with van der Waals surface area (Å²) in [5.41, 5.74) is 0.427. The van der Waals surface area contributed by atoms with Gasteiger partial charge in [0.2, 0.25) is 0 Å². The molecule has 6 nitrogen and oxygen atoms in total. The maximum Gasteiger partial charge on any atom is 0.254 e. The molecule has 0 bridgehead atoms. The molecule has 20 heavy (non-hydrogen) atoms. The Labute approximate surface area is 116 Å². The average Bonchev–Trinajstić information content (AvgIpc) is 2.84. The molecule has 0 aliphatic carbocycles. The lowest BCUT2D eigenvalue weighted by Crippen LogP contribution is -2.29. The second-order valence-corrected chi connectivity index (χ2v) is 4.41. The minimum Gasteiger partial charge on any atom is -0.385 e. The smallest absolute Gasteiger partial charge is 0.254 e. The lowest BCUT2D eigenvalue weighted by atomic mass is 10.1. The first-order valence-corrected chi connectivity index (χ1v) is 6.15. The van der Waals surface area contributed by atoms with Crippen LogP contribution in [0, 0.1) is 5.82 Å². The first kappa shape index (κ1) is 14.0. The van der Waals surface area contributed by atoms with Gasteiger partial charge in [0.15, 0.2) is 5.82 Å².